The molecule has 1 atom stereocenters. The van der Waals surface area contributed by atoms with Crippen LogP contribution in [0.2, 0.25) is 0 Å². The Bertz CT molecular complexity index is 537. The second-order valence-corrected chi connectivity index (χ2v) is 4.47. The lowest BCUT2D eigenvalue weighted by Crippen LogP contribution is -2.01. The van der Waals surface area contributed by atoms with Crippen LogP contribution >= 0.6 is 11.6 Å². The zero-order valence-corrected chi connectivity index (χ0v) is 10.1. The fourth-order valence-corrected chi connectivity index (χ4v) is 2.05. The van der Waals surface area contributed by atoms with E-state index in [0.29, 0.717) is 6.42 Å². The van der Waals surface area contributed by atoms with Crippen molar-refractivity contribution >= 4 is 11.6 Å². The van der Waals surface area contributed by atoms with Gasteiger partial charge in [-0.25, -0.2) is 13.2 Å². The van der Waals surface area contributed by atoms with Crippen LogP contribution in [0, 0.1) is 17.5 Å². The normalized spacial score (nSPS) is 12.4. The first-order valence-corrected chi connectivity index (χ1v) is 5.84. The Hall–Kier alpha value is -1.48. The molecule has 94 valence electrons. The predicted octanol–water partition coefficient (Wildman–Crippen LogP) is 4.63. The highest BCUT2D eigenvalue weighted by molar-refractivity contribution is 6.20. The summed E-state index contributed by atoms with van der Waals surface area (Å²) in [4.78, 5) is 0. The summed E-state index contributed by atoms with van der Waals surface area (Å²) in [5, 5.41) is -0.689. The van der Waals surface area contributed by atoms with E-state index in [1.807, 2.05) is 0 Å². The molecule has 2 rings (SSSR count). The quantitative estimate of drug-likeness (QED) is 0.714. The van der Waals surface area contributed by atoms with Crippen LogP contribution in [-0.4, -0.2) is 0 Å². The topological polar surface area (TPSA) is 0 Å². The van der Waals surface area contributed by atoms with Gasteiger partial charge in [0.15, 0.2) is 11.6 Å². The fraction of sp³-hybridized carbons (Fsp3) is 0.143. The van der Waals surface area contributed by atoms with Crippen molar-refractivity contribution in [3.05, 3.63) is 71.0 Å². The molecule has 4 heteroatoms. The Kier molecular flexibility index (Phi) is 3.92. The Morgan fingerprint density at radius 2 is 1.61 bits per heavy atom. The lowest BCUT2D eigenvalue weighted by molar-refractivity contribution is 0.497. The third kappa shape index (κ3) is 2.85. The van der Waals surface area contributed by atoms with E-state index in [-0.39, 0.29) is 11.4 Å². The molecule has 0 bridgehead atoms. The average molecular weight is 271 g/mol. The second-order valence-electron chi connectivity index (χ2n) is 3.94. The first-order valence-electron chi connectivity index (χ1n) is 5.40. The molecule has 1 unspecified atom stereocenters. The molecule has 0 aliphatic heterocycles. The van der Waals surface area contributed by atoms with Crippen LogP contribution in [0.4, 0.5) is 13.2 Å². The van der Waals surface area contributed by atoms with Crippen LogP contribution in [0.1, 0.15) is 16.5 Å². The van der Waals surface area contributed by atoms with Gasteiger partial charge in [0, 0.05) is 5.56 Å². The smallest absolute Gasteiger partial charge is 0.163 e. The van der Waals surface area contributed by atoms with Gasteiger partial charge >= 0.3 is 0 Å². The molecule has 0 N–H and O–H groups in total. The maximum absolute atomic E-state index is 13.5. The minimum atomic E-state index is -0.931. The summed E-state index contributed by atoms with van der Waals surface area (Å²) in [5.74, 6) is -2.20. The maximum Gasteiger partial charge on any atom is 0.163 e. The number of alkyl halides is 1. The third-order valence-corrected chi connectivity index (χ3v) is 3.04. The SMILES string of the molecule is Fc1ccc(CC(Cl)c2cccc(F)c2F)cc1. The first-order chi connectivity index (χ1) is 8.58. The van der Waals surface area contributed by atoms with Crippen molar-refractivity contribution in [1.29, 1.82) is 0 Å². The molecular weight excluding hydrogens is 261 g/mol. The van der Waals surface area contributed by atoms with E-state index in [1.54, 1.807) is 12.1 Å². The Morgan fingerprint density at radius 1 is 0.944 bits per heavy atom. The fourth-order valence-electron chi connectivity index (χ4n) is 1.70. The van der Waals surface area contributed by atoms with Gasteiger partial charge in [-0.05, 0) is 30.2 Å². The Balaban J connectivity index is 2.19. The second kappa shape index (κ2) is 5.44. The number of benzene rings is 2. The minimum absolute atomic E-state index is 0.112. The van der Waals surface area contributed by atoms with Gasteiger partial charge in [0.2, 0.25) is 0 Å². The molecule has 0 amide bonds. The molecular formula is C14H10ClF3. The molecule has 0 nitrogen and oxygen atoms in total. The summed E-state index contributed by atoms with van der Waals surface area (Å²) in [6.07, 6.45) is 0.308. The van der Waals surface area contributed by atoms with Gasteiger partial charge in [-0.1, -0.05) is 24.3 Å². The molecule has 0 saturated heterocycles. The summed E-state index contributed by atoms with van der Waals surface area (Å²) in [6.45, 7) is 0. The van der Waals surface area contributed by atoms with Gasteiger partial charge in [0.05, 0.1) is 5.38 Å². The molecule has 0 aliphatic carbocycles. The van der Waals surface area contributed by atoms with Crippen LogP contribution in [0.5, 0.6) is 0 Å². The van der Waals surface area contributed by atoms with E-state index >= 15 is 0 Å². The zero-order valence-electron chi connectivity index (χ0n) is 9.34. The standard InChI is InChI=1S/C14H10ClF3/c15-12(8-9-4-6-10(16)7-5-9)11-2-1-3-13(17)14(11)18/h1-7,12H,8H2. The predicted molar refractivity (Wildman–Crippen MR) is 65.1 cm³/mol. The van der Waals surface area contributed by atoms with Crippen LogP contribution in [0.15, 0.2) is 42.5 Å². The molecule has 2 aromatic carbocycles. The van der Waals surface area contributed by atoms with E-state index in [2.05, 4.69) is 0 Å². The van der Waals surface area contributed by atoms with E-state index in [4.69, 9.17) is 11.6 Å². The van der Waals surface area contributed by atoms with Crippen molar-refractivity contribution in [3.63, 3.8) is 0 Å². The molecule has 0 aromatic heterocycles. The van der Waals surface area contributed by atoms with E-state index < -0.39 is 17.0 Å². The van der Waals surface area contributed by atoms with E-state index in [1.165, 1.54) is 24.3 Å². The van der Waals surface area contributed by atoms with E-state index in [9.17, 15) is 13.2 Å². The molecule has 0 spiro atoms. The Morgan fingerprint density at radius 3 is 2.28 bits per heavy atom. The molecule has 18 heavy (non-hydrogen) atoms. The largest absolute Gasteiger partial charge is 0.207 e. The minimum Gasteiger partial charge on any atom is -0.207 e. The highest BCUT2D eigenvalue weighted by atomic mass is 35.5. The monoisotopic (exact) mass is 270 g/mol. The van der Waals surface area contributed by atoms with Crippen molar-refractivity contribution in [3.8, 4) is 0 Å². The Labute approximate surface area is 108 Å². The summed E-state index contributed by atoms with van der Waals surface area (Å²) < 4.78 is 39.3. The number of hydrogen-bond donors (Lipinski definition) is 0. The van der Waals surface area contributed by atoms with Crippen LogP contribution in [-0.2, 0) is 6.42 Å². The van der Waals surface area contributed by atoms with Crippen molar-refractivity contribution in [2.24, 2.45) is 0 Å². The lowest BCUT2D eigenvalue weighted by Gasteiger charge is -2.11. The van der Waals surface area contributed by atoms with Gasteiger partial charge in [-0.3, -0.25) is 0 Å². The molecule has 0 radical (unpaired) electrons. The average Bonchev–Trinajstić information content (AvgIpc) is 2.35. The van der Waals surface area contributed by atoms with Crippen molar-refractivity contribution in [2.75, 3.05) is 0 Å². The first kappa shape index (κ1) is 13.0. The van der Waals surface area contributed by atoms with Crippen LogP contribution < -0.4 is 0 Å². The van der Waals surface area contributed by atoms with Crippen LogP contribution in [0.3, 0.4) is 0 Å². The number of rotatable bonds is 3. The van der Waals surface area contributed by atoms with Crippen LogP contribution in [0.25, 0.3) is 0 Å². The lowest BCUT2D eigenvalue weighted by atomic mass is 10.0. The summed E-state index contributed by atoms with van der Waals surface area (Å²) in [6, 6.07) is 9.65. The van der Waals surface area contributed by atoms with Crippen molar-refractivity contribution in [2.45, 2.75) is 11.8 Å². The number of hydrogen-bond acceptors (Lipinski definition) is 0. The molecule has 0 heterocycles. The van der Waals surface area contributed by atoms with E-state index in [0.717, 1.165) is 11.6 Å². The van der Waals surface area contributed by atoms with Gasteiger partial charge in [-0.15, -0.1) is 11.6 Å². The van der Waals surface area contributed by atoms with Gasteiger partial charge in [-0.2, -0.15) is 0 Å². The summed E-state index contributed by atoms with van der Waals surface area (Å²) in [5.41, 5.74) is 0.876. The molecule has 0 fully saturated rings. The maximum atomic E-state index is 13.5. The highest BCUT2D eigenvalue weighted by Crippen LogP contribution is 2.28. The van der Waals surface area contributed by atoms with Gasteiger partial charge in [0.25, 0.3) is 0 Å². The number of halogens is 4. The zero-order chi connectivity index (χ0) is 13.1. The summed E-state index contributed by atoms with van der Waals surface area (Å²) >= 11 is 6.06. The highest BCUT2D eigenvalue weighted by Gasteiger charge is 2.16. The molecule has 0 aliphatic rings. The molecule has 0 saturated carbocycles. The third-order valence-electron chi connectivity index (χ3n) is 2.65. The molecule has 2 aromatic rings. The van der Waals surface area contributed by atoms with Crippen molar-refractivity contribution < 1.29 is 13.2 Å². The van der Waals surface area contributed by atoms with Gasteiger partial charge in [0.1, 0.15) is 5.82 Å². The summed E-state index contributed by atoms with van der Waals surface area (Å²) in [7, 11) is 0. The van der Waals surface area contributed by atoms with Gasteiger partial charge < -0.3 is 0 Å². The van der Waals surface area contributed by atoms with Crippen molar-refractivity contribution in [1.82, 2.24) is 0 Å².